The van der Waals surface area contributed by atoms with Crippen LogP contribution in [0.5, 0.6) is 0 Å². The van der Waals surface area contributed by atoms with Crippen molar-refractivity contribution in [1.29, 1.82) is 0 Å². The van der Waals surface area contributed by atoms with Gasteiger partial charge in [-0.05, 0) is 79.4 Å². The van der Waals surface area contributed by atoms with Crippen molar-refractivity contribution in [2.24, 2.45) is 0 Å². The van der Waals surface area contributed by atoms with Crippen molar-refractivity contribution in [1.82, 2.24) is 0 Å². The normalized spacial score (nSPS) is 14.1. The molecule has 0 N–H and O–H groups in total. The zero-order chi connectivity index (χ0) is 22.6. The van der Waals surface area contributed by atoms with E-state index in [0.717, 1.165) is 11.3 Å². The fourth-order valence-electron chi connectivity index (χ4n) is 4.73. The third-order valence-electron chi connectivity index (χ3n) is 5.95. The van der Waals surface area contributed by atoms with E-state index < -0.39 is 9.84 Å². The molecule has 3 nitrogen and oxygen atoms in total. The second-order valence-electron chi connectivity index (χ2n) is 8.21. The molecule has 4 aromatic rings. The number of hydrogen-bond acceptors (Lipinski definition) is 3. The van der Waals surface area contributed by atoms with Gasteiger partial charge in [0.25, 0.3) is 0 Å². The lowest BCUT2D eigenvalue weighted by molar-refractivity contribution is 0.595. The molecule has 0 atom stereocenters. The molecule has 0 aliphatic carbocycles. The third kappa shape index (κ3) is 3.14. The van der Waals surface area contributed by atoms with Crippen molar-refractivity contribution >= 4 is 38.5 Å². The van der Waals surface area contributed by atoms with E-state index in [2.05, 4.69) is 39.0 Å². The summed E-state index contributed by atoms with van der Waals surface area (Å²) >= 11 is 6.86. The maximum absolute atomic E-state index is 13.2. The van der Waals surface area contributed by atoms with Crippen molar-refractivity contribution in [3.05, 3.63) is 101 Å². The van der Waals surface area contributed by atoms with Crippen LogP contribution in [0.1, 0.15) is 16.7 Å². The maximum Gasteiger partial charge on any atom is 0.210 e. The highest BCUT2D eigenvalue weighted by molar-refractivity contribution is 7.92. The summed E-state index contributed by atoms with van der Waals surface area (Å²) in [6.07, 6.45) is 0. The van der Waals surface area contributed by atoms with E-state index in [4.69, 9.17) is 11.6 Å². The SMILES string of the molecule is Cc1cc(C)c(-c2ccc(N3c4ccccc4S(=O)(=O)c4ccccc43)c(Cl)c2)c(C)c1. The van der Waals surface area contributed by atoms with Gasteiger partial charge in [0, 0.05) is 0 Å². The summed E-state index contributed by atoms with van der Waals surface area (Å²) in [6, 6.07) is 24.5. The highest BCUT2D eigenvalue weighted by Crippen LogP contribution is 2.50. The lowest BCUT2D eigenvalue weighted by Crippen LogP contribution is -2.22. The first-order valence-corrected chi connectivity index (χ1v) is 12.3. The molecule has 0 radical (unpaired) electrons. The minimum absolute atomic E-state index is 0.282. The molecule has 1 aliphatic heterocycles. The first-order valence-electron chi connectivity index (χ1n) is 10.4. The van der Waals surface area contributed by atoms with Gasteiger partial charge in [0.15, 0.2) is 0 Å². The average Bonchev–Trinajstić information content (AvgIpc) is 2.75. The largest absolute Gasteiger partial charge is 0.306 e. The lowest BCUT2D eigenvalue weighted by atomic mass is 9.93. The molecule has 1 aliphatic rings. The highest BCUT2D eigenvalue weighted by Gasteiger charge is 2.35. The Labute approximate surface area is 193 Å². The summed E-state index contributed by atoms with van der Waals surface area (Å²) in [7, 11) is -3.61. The molecule has 0 unspecified atom stereocenters. The molecule has 0 bridgehead atoms. The van der Waals surface area contributed by atoms with Gasteiger partial charge < -0.3 is 4.90 Å². The highest BCUT2D eigenvalue weighted by atomic mass is 35.5. The van der Waals surface area contributed by atoms with Crippen molar-refractivity contribution in [3.63, 3.8) is 0 Å². The summed E-state index contributed by atoms with van der Waals surface area (Å²) in [6.45, 7) is 6.32. The summed E-state index contributed by atoms with van der Waals surface area (Å²) in [4.78, 5) is 2.50. The molecule has 0 spiro atoms. The Morgan fingerprint density at radius 3 is 1.75 bits per heavy atom. The topological polar surface area (TPSA) is 37.4 Å². The van der Waals surface area contributed by atoms with Gasteiger partial charge in [-0.2, -0.15) is 0 Å². The Morgan fingerprint density at radius 2 is 1.22 bits per heavy atom. The Hall–Kier alpha value is -3.08. The average molecular weight is 460 g/mol. The van der Waals surface area contributed by atoms with Crippen molar-refractivity contribution < 1.29 is 8.42 Å². The van der Waals surface area contributed by atoms with E-state index in [9.17, 15) is 8.42 Å². The van der Waals surface area contributed by atoms with Crippen molar-refractivity contribution in [3.8, 4) is 11.1 Å². The van der Waals surface area contributed by atoms with Gasteiger partial charge in [-0.3, -0.25) is 0 Å². The molecule has 5 rings (SSSR count). The predicted octanol–water partition coefficient (Wildman–Crippen LogP) is 7.55. The van der Waals surface area contributed by atoms with Crippen LogP contribution in [0, 0.1) is 20.8 Å². The van der Waals surface area contributed by atoms with E-state index in [1.54, 1.807) is 24.3 Å². The van der Waals surface area contributed by atoms with E-state index in [-0.39, 0.29) is 9.79 Å². The molecule has 160 valence electrons. The minimum atomic E-state index is -3.61. The molecule has 0 amide bonds. The summed E-state index contributed by atoms with van der Waals surface area (Å²) in [5.74, 6) is 0. The van der Waals surface area contributed by atoms with Gasteiger partial charge in [-0.1, -0.05) is 59.6 Å². The summed E-state index contributed by atoms with van der Waals surface area (Å²) in [5, 5.41) is 0.561. The third-order valence-corrected chi connectivity index (χ3v) is 8.10. The lowest BCUT2D eigenvalue weighted by Gasteiger charge is -2.33. The fourth-order valence-corrected chi connectivity index (χ4v) is 6.61. The van der Waals surface area contributed by atoms with Crippen LogP contribution in [0.15, 0.2) is 88.7 Å². The Morgan fingerprint density at radius 1 is 0.688 bits per heavy atom. The number of para-hydroxylation sites is 2. The van der Waals surface area contributed by atoms with Gasteiger partial charge in [-0.15, -0.1) is 0 Å². The van der Waals surface area contributed by atoms with Gasteiger partial charge in [0.2, 0.25) is 9.84 Å². The number of nitrogens with zero attached hydrogens (tertiary/aromatic N) is 1. The minimum Gasteiger partial charge on any atom is -0.306 e. The van der Waals surface area contributed by atoms with Crippen molar-refractivity contribution in [2.75, 3.05) is 4.90 Å². The molecule has 0 aromatic heterocycles. The molecular formula is C27H22ClNO2S. The molecule has 0 saturated carbocycles. The van der Waals surface area contributed by atoms with E-state index in [1.165, 1.54) is 22.3 Å². The molecule has 1 heterocycles. The van der Waals surface area contributed by atoms with Crippen LogP contribution in [0.25, 0.3) is 11.1 Å². The van der Waals surface area contributed by atoms with Crippen molar-refractivity contribution in [2.45, 2.75) is 30.6 Å². The molecule has 0 saturated heterocycles. The number of halogens is 1. The molecule has 5 heteroatoms. The van der Waals surface area contributed by atoms with Crippen LogP contribution >= 0.6 is 11.6 Å². The monoisotopic (exact) mass is 459 g/mol. The van der Waals surface area contributed by atoms with Crippen LogP contribution < -0.4 is 4.90 Å². The molecule has 4 aromatic carbocycles. The maximum atomic E-state index is 13.2. The molecule has 0 fully saturated rings. The zero-order valence-corrected chi connectivity index (χ0v) is 19.6. The van der Waals surface area contributed by atoms with Gasteiger partial charge in [0.05, 0.1) is 31.9 Å². The van der Waals surface area contributed by atoms with Crippen LogP contribution in [-0.2, 0) is 9.84 Å². The smallest absolute Gasteiger partial charge is 0.210 e. The van der Waals surface area contributed by atoms with Gasteiger partial charge in [0.1, 0.15) is 0 Å². The first kappa shape index (κ1) is 20.8. The van der Waals surface area contributed by atoms with Crippen LogP contribution in [0.4, 0.5) is 17.1 Å². The van der Waals surface area contributed by atoms with E-state index in [1.807, 2.05) is 41.3 Å². The predicted molar refractivity (Wildman–Crippen MR) is 131 cm³/mol. The number of sulfone groups is 1. The number of aryl methyl sites for hydroxylation is 3. The standard InChI is InChI=1S/C27H22ClNO2S/c1-17-14-18(2)27(19(3)15-17)20-12-13-22(21(28)16-20)29-23-8-4-6-10-25(23)32(30,31)26-11-7-5-9-24(26)29/h4-16H,1-3H3. The number of benzene rings is 4. The van der Waals surface area contributed by atoms with Gasteiger partial charge in [-0.25, -0.2) is 8.42 Å². The molecule has 32 heavy (non-hydrogen) atoms. The summed E-state index contributed by atoms with van der Waals surface area (Å²) in [5.41, 5.74) is 7.79. The molecular weight excluding hydrogens is 438 g/mol. The zero-order valence-electron chi connectivity index (χ0n) is 18.1. The van der Waals surface area contributed by atoms with Gasteiger partial charge >= 0.3 is 0 Å². The number of hydrogen-bond donors (Lipinski definition) is 0. The second kappa shape index (κ2) is 7.51. The Kier molecular flexibility index (Phi) is 4.88. The van der Waals surface area contributed by atoms with E-state index >= 15 is 0 Å². The Bertz CT molecular complexity index is 1420. The second-order valence-corrected chi connectivity index (χ2v) is 10.5. The Balaban J connectivity index is 1.72. The number of fused-ring (bicyclic) bond motifs is 2. The van der Waals surface area contributed by atoms with Crippen LogP contribution in [0.2, 0.25) is 5.02 Å². The first-order chi connectivity index (χ1) is 15.3. The van der Waals surface area contributed by atoms with E-state index in [0.29, 0.717) is 16.4 Å². The number of anilines is 3. The number of rotatable bonds is 2. The quantitative estimate of drug-likeness (QED) is 0.273. The summed E-state index contributed by atoms with van der Waals surface area (Å²) < 4.78 is 26.5. The van der Waals surface area contributed by atoms with Crippen LogP contribution in [-0.4, -0.2) is 8.42 Å². The fraction of sp³-hybridized carbons (Fsp3) is 0.111. The van der Waals surface area contributed by atoms with Crippen LogP contribution in [0.3, 0.4) is 0 Å².